The van der Waals surface area contributed by atoms with Crippen LogP contribution in [-0.4, -0.2) is 61.7 Å². The fourth-order valence-corrected chi connectivity index (χ4v) is 3.21. The lowest BCUT2D eigenvalue weighted by molar-refractivity contribution is -0.140. The van der Waals surface area contributed by atoms with E-state index >= 15 is 0 Å². The number of aliphatic hydroxyl groups is 1. The van der Waals surface area contributed by atoms with Crippen molar-refractivity contribution in [3.05, 3.63) is 28.4 Å². The molecule has 1 aliphatic heterocycles. The fourth-order valence-electron chi connectivity index (χ4n) is 2.24. The van der Waals surface area contributed by atoms with Crippen molar-refractivity contribution >= 4 is 29.1 Å². The Labute approximate surface area is 155 Å². The Balaban J connectivity index is 0.00000163. The first-order valence-electron chi connectivity index (χ1n) is 7.97. The van der Waals surface area contributed by atoms with Crippen LogP contribution in [0.25, 0.3) is 0 Å². The monoisotopic (exact) mass is 384 g/mol. The molecule has 26 heavy (non-hydrogen) atoms. The van der Waals surface area contributed by atoms with Crippen LogP contribution in [0.2, 0.25) is 0 Å². The third kappa shape index (κ3) is 6.54. The maximum Gasteiger partial charge on any atom is 0.325 e. The molecule has 0 aromatic carbocycles. The van der Waals surface area contributed by atoms with E-state index < -0.39 is 17.8 Å². The molecule has 0 unspecified atom stereocenters. The lowest BCUT2D eigenvalue weighted by Gasteiger charge is -2.20. The van der Waals surface area contributed by atoms with E-state index in [-0.39, 0.29) is 17.9 Å². The van der Waals surface area contributed by atoms with Crippen molar-refractivity contribution < 1.29 is 24.2 Å². The van der Waals surface area contributed by atoms with Gasteiger partial charge in [-0.3, -0.25) is 14.4 Å². The minimum absolute atomic E-state index is 0.152. The number of rotatable bonds is 6. The molecule has 0 aliphatic carbocycles. The van der Waals surface area contributed by atoms with Crippen LogP contribution in [0.1, 0.15) is 34.3 Å². The van der Waals surface area contributed by atoms with Crippen LogP contribution in [0.5, 0.6) is 0 Å². The highest BCUT2D eigenvalue weighted by atomic mass is 32.1. The highest BCUT2D eigenvalue weighted by Crippen LogP contribution is 2.27. The van der Waals surface area contributed by atoms with E-state index in [1.807, 2.05) is 0 Å². The molecule has 2 amide bonds. The Kier molecular flexibility index (Phi) is 9.48. The van der Waals surface area contributed by atoms with Crippen LogP contribution in [0.3, 0.4) is 0 Å². The van der Waals surface area contributed by atoms with Gasteiger partial charge in [0, 0.05) is 18.4 Å². The van der Waals surface area contributed by atoms with Crippen molar-refractivity contribution in [3.8, 4) is 0 Å². The Bertz CT molecular complexity index is 640. The van der Waals surface area contributed by atoms with E-state index in [1.54, 1.807) is 5.38 Å². The molecule has 0 atom stereocenters. The van der Waals surface area contributed by atoms with Gasteiger partial charge in [0.2, 0.25) is 0 Å². The number of carbonyl (C=O) groups is 3. The first kappa shape index (κ1) is 21.7. The van der Waals surface area contributed by atoms with Crippen LogP contribution in [0, 0.1) is 0 Å². The molecule has 0 radical (unpaired) electrons. The van der Waals surface area contributed by atoms with E-state index in [9.17, 15) is 14.4 Å². The SMILES string of the molecule is C=C(NC(=O)c1csc(C2CCNCC2)n1)C(=O)NCC(=O)OC.CO. The number of nitrogens with zero attached hydrogens (tertiary/aromatic N) is 1. The first-order valence-corrected chi connectivity index (χ1v) is 8.85. The Hall–Kier alpha value is -2.30. The summed E-state index contributed by atoms with van der Waals surface area (Å²) in [5, 5.41) is 17.6. The number of nitrogens with one attached hydrogen (secondary N) is 3. The van der Waals surface area contributed by atoms with E-state index in [0.717, 1.165) is 38.0 Å². The molecule has 144 valence electrons. The second kappa shape index (κ2) is 11.3. The lowest BCUT2D eigenvalue weighted by Crippen LogP contribution is -2.37. The second-order valence-corrected chi connectivity index (χ2v) is 6.18. The fraction of sp³-hybridized carbons (Fsp3) is 0.500. The summed E-state index contributed by atoms with van der Waals surface area (Å²) in [6, 6.07) is 0. The van der Waals surface area contributed by atoms with Gasteiger partial charge < -0.3 is 25.8 Å². The number of hydrogen-bond acceptors (Lipinski definition) is 8. The van der Waals surface area contributed by atoms with Gasteiger partial charge in [-0.05, 0) is 25.9 Å². The van der Waals surface area contributed by atoms with Crippen molar-refractivity contribution in [2.24, 2.45) is 0 Å². The maximum absolute atomic E-state index is 12.1. The smallest absolute Gasteiger partial charge is 0.325 e. The predicted octanol–water partition coefficient (Wildman–Crippen LogP) is -0.249. The van der Waals surface area contributed by atoms with Crippen molar-refractivity contribution in [1.29, 1.82) is 0 Å². The number of methoxy groups -OCH3 is 1. The maximum atomic E-state index is 12.1. The number of amides is 2. The zero-order valence-corrected chi connectivity index (χ0v) is 15.6. The van der Waals surface area contributed by atoms with E-state index in [1.165, 1.54) is 18.4 Å². The normalized spacial score (nSPS) is 13.8. The highest BCUT2D eigenvalue weighted by Gasteiger charge is 2.21. The van der Waals surface area contributed by atoms with Crippen LogP contribution in [0.15, 0.2) is 17.7 Å². The topological polar surface area (TPSA) is 130 Å². The Morgan fingerprint density at radius 3 is 2.65 bits per heavy atom. The molecular formula is C16H24N4O5S. The summed E-state index contributed by atoms with van der Waals surface area (Å²) in [4.78, 5) is 39.2. The van der Waals surface area contributed by atoms with Gasteiger partial charge in [-0.25, -0.2) is 4.98 Å². The summed E-state index contributed by atoms with van der Waals surface area (Å²) in [5.41, 5.74) is 0.107. The minimum atomic E-state index is -0.650. The van der Waals surface area contributed by atoms with E-state index in [4.69, 9.17) is 5.11 Å². The summed E-state index contributed by atoms with van der Waals surface area (Å²) in [7, 11) is 2.22. The molecule has 0 bridgehead atoms. The number of carbonyl (C=O) groups excluding carboxylic acids is 3. The van der Waals surface area contributed by atoms with Crippen molar-refractivity contribution in [3.63, 3.8) is 0 Å². The molecule has 1 aromatic rings. The van der Waals surface area contributed by atoms with Gasteiger partial charge in [-0.1, -0.05) is 6.58 Å². The minimum Gasteiger partial charge on any atom is -0.468 e. The lowest BCUT2D eigenvalue weighted by atomic mass is 9.99. The van der Waals surface area contributed by atoms with E-state index in [0.29, 0.717) is 5.92 Å². The molecule has 2 heterocycles. The van der Waals surface area contributed by atoms with Gasteiger partial charge in [-0.15, -0.1) is 11.3 Å². The van der Waals surface area contributed by atoms with Gasteiger partial charge in [0.1, 0.15) is 12.2 Å². The standard InChI is InChI=1S/C15H20N4O4S.CH4O/c1-9(13(21)17-7-12(20)23-2)18-14(22)11-8-24-15(19-11)10-3-5-16-6-4-10;1-2/h8,10,16H,1,3-7H2,2H3,(H,17,21)(H,18,22);2H,1H3. The molecule has 0 spiro atoms. The number of piperidine rings is 1. The van der Waals surface area contributed by atoms with Gasteiger partial charge in [0.05, 0.1) is 17.8 Å². The van der Waals surface area contributed by atoms with Crippen LogP contribution in [0.4, 0.5) is 0 Å². The van der Waals surface area contributed by atoms with Gasteiger partial charge in [-0.2, -0.15) is 0 Å². The summed E-state index contributed by atoms with van der Waals surface area (Å²) < 4.78 is 4.41. The molecule has 1 aliphatic rings. The number of aliphatic hydroxyl groups excluding tert-OH is 1. The molecule has 1 saturated heterocycles. The molecule has 1 fully saturated rings. The Morgan fingerprint density at radius 2 is 2.04 bits per heavy atom. The molecule has 9 nitrogen and oxygen atoms in total. The molecule has 0 saturated carbocycles. The predicted molar refractivity (Wildman–Crippen MR) is 96.7 cm³/mol. The molecule has 2 rings (SSSR count). The van der Waals surface area contributed by atoms with Crippen molar-refractivity contribution in [1.82, 2.24) is 20.9 Å². The molecule has 1 aromatic heterocycles. The average Bonchev–Trinajstić information content (AvgIpc) is 3.18. The van der Waals surface area contributed by atoms with E-state index in [2.05, 4.69) is 32.3 Å². The average molecular weight is 384 g/mol. The van der Waals surface area contributed by atoms with Gasteiger partial charge in [0.25, 0.3) is 11.8 Å². The molecule has 4 N–H and O–H groups in total. The third-order valence-corrected chi connectivity index (χ3v) is 4.61. The van der Waals surface area contributed by atoms with Gasteiger partial charge in [0.15, 0.2) is 0 Å². The van der Waals surface area contributed by atoms with Crippen molar-refractivity contribution in [2.75, 3.05) is 33.9 Å². The highest BCUT2D eigenvalue weighted by molar-refractivity contribution is 7.09. The number of esters is 1. The van der Waals surface area contributed by atoms with Crippen LogP contribution in [-0.2, 0) is 14.3 Å². The molecular weight excluding hydrogens is 360 g/mol. The second-order valence-electron chi connectivity index (χ2n) is 5.29. The number of hydrogen-bond donors (Lipinski definition) is 4. The third-order valence-electron chi connectivity index (χ3n) is 3.60. The van der Waals surface area contributed by atoms with Crippen LogP contribution < -0.4 is 16.0 Å². The zero-order chi connectivity index (χ0) is 19.5. The zero-order valence-electron chi connectivity index (χ0n) is 14.8. The summed E-state index contributed by atoms with van der Waals surface area (Å²) in [6.07, 6.45) is 1.99. The van der Waals surface area contributed by atoms with Crippen LogP contribution >= 0.6 is 11.3 Å². The van der Waals surface area contributed by atoms with Crippen molar-refractivity contribution in [2.45, 2.75) is 18.8 Å². The largest absolute Gasteiger partial charge is 0.468 e. The summed E-state index contributed by atoms with van der Waals surface area (Å²) >= 11 is 1.45. The summed E-state index contributed by atoms with van der Waals surface area (Å²) in [5.74, 6) is -1.37. The number of aromatic nitrogens is 1. The Morgan fingerprint density at radius 1 is 1.38 bits per heavy atom. The quantitative estimate of drug-likeness (QED) is 0.393. The first-order chi connectivity index (χ1) is 12.5. The number of thiazole rings is 1. The van der Waals surface area contributed by atoms with Gasteiger partial charge >= 0.3 is 5.97 Å². The molecule has 10 heteroatoms. The number of ether oxygens (including phenoxy) is 1. The summed E-state index contributed by atoms with van der Waals surface area (Å²) in [6.45, 7) is 5.10.